The zero-order valence-electron chi connectivity index (χ0n) is 20.7. The first-order valence-electron chi connectivity index (χ1n) is 12.0. The quantitative estimate of drug-likeness (QED) is 0.364. The van der Waals surface area contributed by atoms with E-state index in [0.29, 0.717) is 11.1 Å². The van der Waals surface area contributed by atoms with E-state index in [1.807, 2.05) is 48.6 Å². The molecule has 2 aliphatic heterocycles. The molecule has 1 atom stereocenters. The van der Waals surface area contributed by atoms with Crippen LogP contribution in [0.5, 0.6) is 11.5 Å². The van der Waals surface area contributed by atoms with Crippen molar-refractivity contribution < 1.29 is 23.5 Å². The monoisotopic (exact) mass is 508 g/mol. The first-order valence-corrected chi connectivity index (χ1v) is 13.5. The van der Waals surface area contributed by atoms with Crippen molar-refractivity contribution in [1.82, 2.24) is 4.98 Å². The number of phosphoric ester groups is 1. The normalized spacial score (nSPS) is 20.3. The fourth-order valence-corrected chi connectivity index (χ4v) is 6.02. The zero-order chi connectivity index (χ0) is 25.7. The lowest BCUT2D eigenvalue weighted by atomic mass is 9.91. The molecule has 7 heteroatoms. The fourth-order valence-electron chi connectivity index (χ4n) is 5.18. The van der Waals surface area contributed by atoms with Crippen LogP contribution in [0.1, 0.15) is 33.5 Å². The van der Waals surface area contributed by atoms with Crippen LogP contribution >= 0.6 is 7.82 Å². The van der Waals surface area contributed by atoms with Crippen molar-refractivity contribution in [3.63, 3.8) is 0 Å². The molecule has 0 saturated heterocycles. The van der Waals surface area contributed by atoms with Gasteiger partial charge < -0.3 is 18.9 Å². The molecule has 2 aliphatic rings. The topological polar surface area (TPSA) is 88.3 Å². The number of aromatic amines is 1. The van der Waals surface area contributed by atoms with E-state index in [1.165, 1.54) is 16.7 Å². The van der Waals surface area contributed by atoms with Crippen LogP contribution in [0.2, 0.25) is 0 Å². The Morgan fingerprint density at radius 1 is 0.784 bits per heavy atom. The lowest BCUT2D eigenvalue weighted by Crippen LogP contribution is -2.68. The predicted octanol–water partition coefficient (Wildman–Crippen LogP) is 4.75. The minimum atomic E-state index is -4.75. The van der Waals surface area contributed by atoms with E-state index in [1.54, 1.807) is 24.3 Å². The SMILES string of the molecule is Cc1cc(C)c(/C2=C3\C=CC(=[NH+]3)c3ccccc3OP(=O)([O-])Oc3ccccc3-c3ccc2[nH]3)c(C)c1. The molecule has 4 bridgehead atoms. The van der Waals surface area contributed by atoms with Gasteiger partial charge in [-0.15, -0.1) is 0 Å². The Labute approximate surface area is 215 Å². The average molecular weight is 509 g/mol. The Hall–Kier alpha value is -4.12. The molecule has 6 nitrogen and oxygen atoms in total. The number of H-pyrrole nitrogens is 1. The van der Waals surface area contributed by atoms with Crippen molar-refractivity contribution in [1.29, 1.82) is 0 Å². The maximum absolute atomic E-state index is 13.0. The number of nitrogens with one attached hydrogen (secondary N) is 2. The van der Waals surface area contributed by atoms with Crippen LogP contribution < -0.4 is 18.9 Å². The highest BCUT2D eigenvalue weighted by Crippen LogP contribution is 2.45. The number of aryl methyl sites for hydroxylation is 3. The summed E-state index contributed by atoms with van der Waals surface area (Å²) in [5.41, 5.74) is 10.2. The van der Waals surface area contributed by atoms with Crippen LogP contribution in [0.15, 0.2) is 90.6 Å². The third-order valence-electron chi connectivity index (χ3n) is 6.61. The van der Waals surface area contributed by atoms with Crippen LogP contribution in [0.3, 0.4) is 0 Å². The van der Waals surface area contributed by atoms with Gasteiger partial charge in [-0.1, -0.05) is 42.0 Å². The summed E-state index contributed by atoms with van der Waals surface area (Å²) in [5, 5.41) is 0. The number of hydrogen-bond donors (Lipinski definition) is 2. The predicted molar refractivity (Wildman–Crippen MR) is 142 cm³/mol. The largest absolute Gasteiger partial charge is 0.736 e. The van der Waals surface area contributed by atoms with Gasteiger partial charge in [0.1, 0.15) is 11.5 Å². The van der Waals surface area contributed by atoms with Gasteiger partial charge in [0.25, 0.3) is 0 Å². The third-order valence-corrected chi connectivity index (χ3v) is 7.45. The molecule has 4 aromatic rings. The first-order chi connectivity index (χ1) is 17.8. The number of para-hydroxylation sites is 2. The smallest absolute Gasteiger partial charge is 0.372 e. The Bertz CT molecular complexity index is 1690. The number of benzene rings is 3. The average Bonchev–Trinajstić information content (AvgIpc) is 3.51. The molecule has 184 valence electrons. The number of rotatable bonds is 1. The maximum Gasteiger partial charge on any atom is 0.372 e. The standard InChI is InChI=1S/C30H25N2O4P/c1-18-16-19(2)29(20(3)17-18)30-25-14-12-23(31-25)21-8-4-6-10-27(21)35-37(33,34)36-28-11-7-5-9-22(28)24-13-15-26(30)32-24/h4-17,31H,1-3H3,(H,33,34)/b30-26+. The molecule has 1 aromatic heterocycles. The number of fused-ring (bicyclic) bond motifs is 7. The zero-order valence-corrected chi connectivity index (χ0v) is 21.6. The molecule has 3 heterocycles. The molecule has 0 saturated carbocycles. The van der Waals surface area contributed by atoms with Crippen LogP contribution in [0.4, 0.5) is 0 Å². The molecule has 6 rings (SSSR count). The Balaban J connectivity index is 1.67. The van der Waals surface area contributed by atoms with Crippen LogP contribution in [-0.4, -0.2) is 10.7 Å². The summed E-state index contributed by atoms with van der Waals surface area (Å²) in [6, 6.07) is 22.4. The number of phosphoric acid groups is 1. The van der Waals surface area contributed by atoms with Gasteiger partial charge in [-0.2, -0.15) is 0 Å². The Morgan fingerprint density at radius 2 is 1.38 bits per heavy atom. The molecular weight excluding hydrogens is 483 g/mol. The van der Waals surface area contributed by atoms with E-state index in [9.17, 15) is 9.46 Å². The summed E-state index contributed by atoms with van der Waals surface area (Å²) in [6.07, 6.45) is 3.95. The molecule has 0 fully saturated rings. The Kier molecular flexibility index (Phi) is 5.52. The molecule has 37 heavy (non-hydrogen) atoms. The van der Waals surface area contributed by atoms with E-state index in [4.69, 9.17) is 9.05 Å². The second kappa shape index (κ2) is 8.77. The summed E-state index contributed by atoms with van der Waals surface area (Å²) < 4.78 is 24.0. The highest BCUT2D eigenvalue weighted by atomic mass is 31.2. The molecule has 2 N–H and O–H groups in total. The summed E-state index contributed by atoms with van der Waals surface area (Å²) in [6.45, 7) is 6.35. The van der Waals surface area contributed by atoms with Crippen molar-refractivity contribution in [2.75, 3.05) is 0 Å². The van der Waals surface area contributed by atoms with Gasteiger partial charge in [0.2, 0.25) is 11.4 Å². The van der Waals surface area contributed by atoms with Crippen LogP contribution in [0.25, 0.3) is 16.8 Å². The van der Waals surface area contributed by atoms with E-state index in [0.717, 1.165) is 33.9 Å². The highest BCUT2D eigenvalue weighted by Gasteiger charge is 2.28. The molecule has 0 aliphatic carbocycles. The van der Waals surface area contributed by atoms with Gasteiger partial charge in [0.15, 0.2) is 0 Å². The van der Waals surface area contributed by atoms with Crippen molar-refractivity contribution in [2.24, 2.45) is 0 Å². The van der Waals surface area contributed by atoms with E-state index in [2.05, 4.69) is 42.9 Å². The Morgan fingerprint density at radius 3 is 2.08 bits per heavy atom. The molecule has 0 amide bonds. The van der Waals surface area contributed by atoms with Crippen molar-refractivity contribution in [3.05, 3.63) is 124 Å². The van der Waals surface area contributed by atoms with Gasteiger partial charge >= 0.3 is 7.82 Å². The lowest BCUT2D eigenvalue weighted by Gasteiger charge is -2.25. The third kappa shape index (κ3) is 4.25. The molecule has 1 unspecified atom stereocenters. The second-order valence-electron chi connectivity index (χ2n) is 9.34. The maximum atomic E-state index is 13.0. The lowest BCUT2D eigenvalue weighted by molar-refractivity contribution is -0.384. The number of hydrogen-bond acceptors (Lipinski definition) is 4. The van der Waals surface area contributed by atoms with Gasteiger partial charge in [0, 0.05) is 23.4 Å². The van der Waals surface area contributed by atoms with Gasteiger partial charge in [-0.3, -0.25) is 0 Å². The summed E-state index contributed by atoms with van der Waals surface area (Å²) in [5.74, 6) is 0.375. The summed E-state index contributed by atoms with van der Waals surface area (Å²) >= 11 is 0. The van der Waals surface area contributed by atoms with Crippen molar-refractivity contribution in [2.45, 2.75) is 20.8 Å². The van der Waals surface area contributed by atoms with Crippen molar-refractivity contribution in [3.8, 4) is 22.8 Å². The number of allylic oxidation sites excluding steroid dienone is 2. The van der Waals surface area contributed by atoms with E-state index in [-0.39, 0.29) is 11.5 Å². The van der Waals surface area contributed by atoms with Crippen LogP contribution in [-0.2, 0) is 4.57 Å². The first kappa shape index (κ1) is 23.3. The fraction of sp³-hybridized carbons (Fsp3) is 0.100. The van der Waals surface area contributed by atoms with E-state index < -0.39 is 7.82 Å². The summed E-state index contributed by atoms with van der Waals surface area (Å²) in [4.78, 5) is 20.0. The summed E-state index contributed by atoms with van der Waals surface area (Å²) in [7, 11) is -4.75. The minimum Gasteiger partial charge on any atom is -0.736 e. The second-order valence-corrected chi connectivity index (χ2v) is 10.6. The van der Waals surface area contributed by atoms with Gasteiger partial charge in [-0.25, -0.2) is 9.56 Å². The van der Waals surface area contributed by atoms with Crippen molar-refractivity contribution >= 4 is 19.1 Å². The molecular formula is C30H25N2O4P. The number of aromatic nitrogens is 1. The van der Waals surface area contributed by atoms with Crippen LogP contribution in [0, 0.1) is 20.8 Å². The minimum absolute atomic E-state index is 0.188. The highest BCUT2D eigenvalue weighted by molar-refractivity contribution is 7.46. The molecule has 3 aromatic carbocycles. The van der Waals surface area contributed by atoms with Gasteiger partial charge in [-0.05, 0) is 73.9 Å². The van der Waals surface area contributed by atoms with E-state index >= 15 is 0 Å². The molecule has 0 radical (unpaired) electrons. The van der Waals surface area contributed by atoms with Gasteiger partial charge in [0.05, 0.1) is 16.8 Å². The molecule has 0 spiro atoms.